The molecule has 1 aromatic heterocycles. The minimum Gasteiger partial charge on any atom is -0.339 e. The van der Waals surface area contributed by atoms with Gasteiger partial charge in [-0.25, -0.2) is 0 Å². The Morgan fingerprint density at radius 1 is 1.17 bits per heavy atom. The molecule has 1 aromatic rings. The number of hydrogen-bond acceptors (Lipinski definition) is 4. The van der Waals surface area contributed by atoms with Crippen LogP contribution in [0.3, 0.4) is 0 Å². The van der Waals surface area contributed by atoms with Crippen LogP contribution in [0.25, 0.3) is 0 Å². The monoisotopic (exact) mass is 251 g/mol. The maximum absolute atomic E-state index is 5.97. The summed E-state index contributed by atoms with van der Waals surface area (Å²) in [6.45, 7) is 3.96. The van der Waals surface area contributed by atoms with Crippen LogP contribution in [0.5, 0.6) is 0 Å². The Bertz CT molecular complexity index is 359. The molecule has 0 amide bonds. The number of rotatable bonds is 3. The van der Waals surface area contributed by atoms with Crippen molar-refractivity contribution in [3.63, 3.8) is 0 Å². The first-order chi connectivity index (χ1) is 8.54. The third-order valence-electron chi connectivity index (χ3n) is 3.56. The molecule has 4 nitrogen and oxygen atoms in total. The molecule has 1 aliphatic carbocycles. The normalized spacial score (nSPS) is 19.5. The fourth-order valence-electron chi connectivity index (χ4n) is 2.61. The molecule has 1 heterocycles. The van der Waals surface area contributed by atoms with Gasteiger partial charge in [-0.1, -0.05) is 37.3 Å². The van der Waals surface area contributed by atoms with E-state index in [9.17, 15) is 0 Å². The van der Waals surface area contributed by atoms with Crippen LogP contribution in [0.1, 0.15) is 76.4 Å². The summed E-state index contributed by atoms with van der Waals surface area (Å²) in [6.07, 6.45) is 9.69. The summed E-state index contributed by atoms with van der Waals surface area (Å²) in [6, 6.07) is 0. The Hall–Kier alpha value is -0.900. The highest BCUT2D eigenvalue weighted by Gasteiger charge is 2.21. The highest BCUT2D eigenvalue weighted by molar-refractivity contribution is 4.98. The average Bonchev–Trinajstić information content (AvgIpc) is 2.62. The minimum atomic E-state index is -0.287. The topological polar surface area (TPSA) is 64.9 Å². The van der Waals surface area contributed by atoms with E-state index in [0.717, 1.165) is 5.82 Å². The Morgan fingerprint density at radius 2 is 1.78 bits per heavy atom. The summed E-state index contributed by atoms with van der Waals surface area (Å²) >= 11 is 0. The van der Waals surface area contributed by atoms with Gasteiger partial charge in [-0.2, -0.15) is 4.98 Å². The molecule has 1 saturated carbocycles. The predicted octanol–water partition coefficient (Wildman–Crippen LogP) is 3.18. The molecule has 0 bridgehead atoms. The van der Waals surface area contributed by atoms with Crippen LogP contribution in [0.4, 0.5) is 0 Å². The highest BCUT2D eigenvalue weighted by Crippen LogP contribution is 2.29. The van der Waals surface area contributed by atoms with E-state index in [0.29, 0.717) is 18.2 Å². The van der Waals surface area contributed by atoms with Crippen molar-refractivity contribution in [1.29, 1.82) is 0 Å². The summed E-state index contributed by atoms with van der Waals surface area (Å²) in [5.74, 6) is 2.07. The fourth-order valence-corrected chi connectivity index (χ4v) is 2.61. The fraction of sp³-hybridized carbons (Fsp3) is 0.857. The van der Waals surface area contributed by atoms with E-state index in [1.165, 1.54) is 44.9 Å². The van der Waals surface area contributed by atoms with Gasteiger partial charge in [-0.3, -0.25) is 0 Å². The summed E-state index contributed by atoms with van der Waals surface area (Å²) < 4.78 is 5.32. The lowest BCUT2D eigenvalue weighted by Crippen LogP contribution is -2.34. The Balaban J connectivity index is 1.99. The molecular weight excluding hydrogens is 226 g/mol. The second-order valence-electron chi connectivity index (χ2n) is 6.25. The van der Waals surface area contributed by atoms with Crippen molar-refractivity contribution < 1.29 is 4.52 Å². The summed E-state index contributed by atoms with van der Waals surface area (Å²) in [7, 11) is 0. The predicted molar refractivity (Wildman–Crippen MR) is 71.3 cm³/mol. The number of hydrogen-bond donors (Lipinski definition) is 1. The van der Waals surface area contributed by atoms with Gasteiger partial charge in [-0.15, -0.1) is 0 Å². The quantitative estimate of drug-likeness (QED) is 0.896. The zero-order valence-corrected chi connectivity index (χ0v) is 11.6. The zero-order valence-electron chi connectivity index (χ0n) is 11.6. The summed E-state index contributed by atoms with van der Waals surface area (Å²) in [5.41, 5.74) is 5.69. The summed E-state index contributed by atoms with van der Waals surface area (Å²) in [4.78, 5) is 4.53. The maximum Gasteiger partial charge on any atom is 0.228 e. The molecule has 1 aliphatic rings. The van der Waals surface area contributed by atoms with E-state index in [1.807, 2.05) is 13.8 Å². The van der Waals surface area contributed by atoms with Crippen molar-refractivity contribution in [3.05, 3.63) is 11.7 Å². The molecule has 4 heteroatoms. The molecule has 0 aromatic carbocycles. The van der Waals surface area contributed by atoms with Gasteiger partial charge in [0.05, 0.1) is 0 Å². The maximum atomic E-state index is 5.97. The largest absolute Gasteiger partial charge is 0.339 e. The molecule has 0 aliphatic heterocycles. The lowest BCUT2D eigenvalue weighted by molar-refractivity contribution is 0.339. The van der Waals surface area contributed by atoms with Crippen LogP contribution in [0, 0.1) is 0 Å². The smallest absolute Gasteiger partial charge is 0.228 e. The molecule has 0 atom stereocenters. The van der Waals surface area contributed by atoms with Crippen molar-refractivity contribution in [2.45, 2.75) is 76.7 Å². The van der Waals surface area contributed by atoms with E-state index < -0.39 is 0 Å². The van der Waals surface area contributed by atoms with Gasteiger partial charge in [0, 0.05) is 17.9 Å². The van der Waals surface area contributed by atoms with Gasteiger partial charge < -0.3 is 10.3 Å². The molecule has 0 spiro atoms. The third kappa shape index (κ3) is 4.09. The molecule has 2 N–H and O–H groups in total. The van der Waals surface area contributed by atoms with E-state index in [2.05, 4.69) is 10.1 Å². The molecule has 1 fully saturated rings. The molecular formula is C14H25N3O. The van der Waals surface area contributed by atoms with Gasteiger partial charge >= 0.3 is 0 Å². The minimum absolute atomic E-state index is 0.287. The Labute approximate surface area is 109 Å². The first-order valence-electron chi connectivity index (χ1n) is 7.16. The van der Waals surface area contributed by atoms with Crippen LogP contribution < -0.4 is 5.73 Å². The van der Waals surface area contributed by atoms with Gasteiger partial charge in [-0.05, 0) is 26.7 Å². The molecule has 0 radical (unpaired) electrons. The first-order valence-corrected chi connectivity index (χ1v) is 7.16. The molecule has 18 heavy (non-hydrogen) atoms. The van der Waals surface area contributed by atoms with Crippen molar-refractivity contribution in [2.24, 2.45) is 5.73 Å². The summed E-state index contributed by atoms with van der Waals surface area (Å²) in [5, 5.41) is 4.15. The number of nitrogens with two attached hydrogens (primary N) is 1. The lowest BCUT2D eigenvalue weighted by Gasteiger charge is -2.16. The van der Waals surface area contributed by atoms with Crippen LogP contribution in [-0.4, -0.2) is 15.7 Å². The number of nitrogens with zero attached hydrogens (tertiary/aromatic N) is 2. The van der Waals surface area contributed by atoms with Crippen molar-refractivity contribution >= 4 is 0 Å². The van der Waals surface area contributed by atoms with Crippen LogP contribution in [0.15, 0.2) is 4.52 Å². The molecule has 2 rings (SSSR count). The third-order valence-corrected chi connectivity index (χ3v) is 3.56. The second kappa shape index (κ2) is 5.83. The van der Waals surface area contributed by atoms with E-state index in [1.54, 1.807) is 0 Å². The van der Waals surface area contributed by atoms with E-state index in [4.69, 9.17) is 10.3 Å². The van der Waals surface area contributed by atoms with Crippen molar-refractivity contribution in [3.8, 4) is 0 Å². The highest BCUT2D eigenvalue weighted by atomic mass is 16.5. The zero-order chi connectivity index (χ0) is 13.0. The Kier molecular flexibility index (Phi) is 4.38. The average molecular weight is 251 g/mol. The van der Waals surface area contributed by atoms with Crippen LogP contribution in [0.2, 0.25) is 0 Å². The van der Waals surface area contributed by atoms with Gasteiger partial charge in [0.15, 0.2) is 5.82 Å². The Morgan fingerprint density at radius 3 is 2.39 bits per heavy atom. The van der Waals surface area contributed by atoms with Crippen LogP contribution in [-0.2, 0) is 6.42 Å². The molecule has 102 valence electrons. The van der Waals surface area contributed by atoms with Gasteiger partial charge in [0.1, 0.15) is 0 Å². The van der Waals surface area contributed by atoms with E-state index >= 15 is 0 Å². The van der Waals surface area contributed by atoms with Gasteiger partial charge in [0.25, 0.3) is 0 Å². The SMILES string of the molecule is CC(C)(N)Cc1nc(C2CCCCCCC2)no1. The second-order valence-corrected chi connectivity index (χ2v) is 6.25. The lowest BCUT2D eigenvalue weighted by atomic mass is 9.91. The van der Waals surface area contributed by atoms with E-state index in [-0.39, 0.29) is 5.54 Å². The molecule has 0 saturated heterocycles. The van der Waals surface area contributed by atoms with Crippen molar-refractivity contribution in [1.82, 2.24) is 10.1 Å². The number of aromatic nitrogens is 2. The first kappa shape index (κ1) is 13.5. The van der Waals surface area contributed by atoms with Gasteiger partial charge in [0.2, 0.25) is 5.89 Å². The van der Waals surface area contributed by atoms with Crippen LogP contribution >= 0.6 is 0 Å². The standard InChI is InChI=1S/C14H25N3O/c1-14(2,15)10-12-16-13(17-18-12)11-8-6-4-3-5-7-9-11/h11H,3-10,15H2,1-2H3. The van der Waals surface area contributed by atoms with Crippen molar-refractivity contribution in [2.75, 3.05) is 0 Å². The molecule has 0 unspecified atom stereocenters.